The molecule has 0 aliphatic heterocycles. The number of esters is 1. The maximum absolute atomic E-state index is 12.2. The van der Waals surface area contributed by atoms with Crippen LogP contribution in [0.4, 0.5) is 4.39 Å². The zero-order valence-electron chi connectivity index (χ0n) is 8.60. The van der Waals surface area contributed by atoms with Crippen molar-refractivity contribution in [2.45, 2.75) is 50.5 Å². The highest BCUT2D eigenvalue weighted by atomic mass is 79.9. The Bertz CT molecular complexity index is 151. The van der Waals surface area contributed by atoms with Crippen LogP contribution in [0.15, 0.2) is 0 Å². The third kappa shape index (κ3) is 8.48. The zero-order chi connectivity index (χ0) is 10.8. The fourth-order valence-electron chi connectivity index (χ4n) is 1.12. The first-order valence-electron chi connectivity index (χ1n) is 5.13. The summed E-state index contributed by atoms with van der Waals surface area (Å²) in [6.45, 7) is 2.50. The first-order chi connectivity index (χ1) is 6.68. The van der Waals surface area contributed by atoms with Gasteiger partial charge in [0.05, 0.1) is 6.61 Å². The molecule has 2 nitrogen and oxygen atoms in total. The molecule has 0 N–H and O–H groups in total. The topological polar surface area (TPSA) is 26.3 Å². The van der Waals surface area contributed by atoms with Crippen molar-refractivity contribution in [2.24, 2.45) is 0 Å². The Morgan fingerprint density at radius 1 is 1.29 bits per heavy atom. The Morgan fingerprint density at radius 3 is 2.43 bits per heavy atom. The van der Waals surface area contributed by atoms with Crippen LogP contribution in [0.3, 0.4) is 0 Å². The van der Waals surface area contributed by atoms with E-state index in [0.717, 1.165) is 12.8 Å². The van der Waals surface area contributed by atoms with Crippen LogP contribution in [0, 0.1) is 0 Å². The fourth-order valence-corrected chi connectivity index (χ4v) is 1.25. The smallest absolute Gasteiger partial charge is 0.351 e. The second-order valence-electron chi connectivity index (χ2n) is 3.24. The van der Waals surface area contributed by atoms with Gasteiger partial charge >= 0.3 is 5.97 Å². The number of carbonyl (C=O) groups excluding carboxylic acids is 1. The maximum Gasteiger partial charge on any atom is 0.351 e. The molecule has 1 unspecified atom stereocenters. The summed E-state index contributed by atoms with van der Waals surface area (Å²) < 4.78 is 16.9. The highest BCUT2D eigenvalue weighted by Gasteiger charge is 2.13. The number of hydrogen-bond acceptors (Lipinski definition) is 2. The zero-order valence-corrected chi connectivity index (χ0v) is 10.2. The molecule has 0 spiro atoms. The number of hydrogen-bond donors (Lipinski definition) is 0. The molecule has 0 radical (unpaired) electrons. The number of carbonyl (C=O) groups is 1. The van der Waals surface area contributed by atoms with Gasteiger partial charge in [-0.2, -0.15) is 0 Å². The lowest BCUT2D eigenvalue weighted by Gasteiger charge is -2.04. The van der Waals surface area contributed by atoms with Gasteiger partial charge in [-0.25, -0.2) is 9.18 Å². The summed E-state index contributed by atoms with van der Waals surface area (Å²) in [7, 11) is 0. The summed E-state index contributed by atoms with van der Waals surface area (Å²) in [6.07, 6.45) is 6.75. The molecule has 1 atom stereocenters. The molecular weight excluding hydrogens is 251 g/mol. The molecule has 0 amide bonds. The average molecular weight is 269 g/mol. The van der Waals surface area contributed by atoms with Gasteiger partial charge < -0.3 is 4.74 Å². The molecule has 14 heavy (non-hydrogen) atoms. The van der Waals surface area contributed by atoms with Crippen molar-refractivity contribution < 1.29 is 13.9 Å². The van der Waals surface area contributed by atoms with Crippen LogP contribution in [0.1, 0.15) is 45.4 Å². The van der Waals surface area contributed by atoms with Crippen LogP contribution in [0.5, 0.6) is 0 Å². The largest absolute Gasteiger partial charge is 0.463 e. The SMILES string of the molecule is CCCCCCCCOC(=O)C(F)Br. The summed E-state index contributed by atoms with van der Waals surface area (Å²) in [5.74, 6) is -0.821. The van der Waals surface area contributed by atoms with E-state index in [0.29, 0.717) is 6.61 Å². The second kappa shape index (κ2) is 9.44. The second-order valence-corrected chi connectivity index (χ2v) is 4.04. The lowest BCUT2D eigenvalue weighted by molar-refractivity contribution is -0.145. The standard InChI is InChI=1S/C10H18BrFO2/c1-2-3-4-5-6-7-8-14-10(13)9(11)12/h9H,2-8H2,1H3. The summed E-state index contributed by atoms with van der Waals surface area (Å²) in [5.41, 5.74) is 0. The minimum Gasteiger partial charge on any atom is -0.463 e. The summed E-state index contributed by atoms with van der Waals surface area (Å²) in [4.78, 5) is 10.6. The van der Waals surface area contributed by atoms with Gasteiger partial charge in [-0.3, -0.25) is 0 Å². The molecule has 0 bridgehead atoms. The number of halogens is 2. The molecule has 0 saturated heterocycles. The first kappa shape index (κ1) is 13.9. The molecule has 0 aromatic rings. The van der Waals surface area contributed by atoms with Gasteiger partial charge in [-0.05, 0) is 22.4 Å². The van der Waals surface area contributed by atoms with E-state index in [2.05, 4.69) is 27.6 Å². The Balaban J connectivity index is 3.10. The minimum atomic E-state index is -1.68. The van der Waals surface area contributed by atoms with Crippen molar-refractivity contribution in [3.8, 4) is 0 Å². The molecule has 0 aliphatic carbocycles. The number of alkyl halides is 2. The van der Waals surface area contributed by atoms with E-state index in [1.807, 2.05) is 0 Å². The highest BCUT2D eigenvalue weighted by molar-refractivity contribution is 9.09. The van der Waals surface area contributed by atoms with Crippen LogP contribution in [-0.4, -0.2) is 17.7 Å². The summed E-state index contributed by atoms with van der Waals surface area (Å²) in [5, 5.41) is -1.68. The van der Waals surface area contributed by atoms with Crippen LogP contribution in [0.25, 0.3) is 0 Å². The summed E-state index contributed by atoms with van der Waals surface area (Å²) in [6, 6.07) is 0. The monoisotopic (exact) mass is 268 g/mol. The quantitative estimate of drug-likeness (QED) is 0.382. The van der Waals surface area contributed by atoms with Crippen molar-refractivity contribution in [1.29, 1.82) is 0 Å². The molecule has 0 saturated carbocycles. The van der Waals surface area contributed by atoms with Crippen molar-refractivity contribution in [2.75, 3.05) is 6.61 Å². The number of unbranched alkanes of at least 4 members (excludes halogenated alkanes) is 5. The Morgan fingerprint density at radius 2 is 1.86 bits per heavy atom. The van der Waals surface area contributed by atoms with Crippen molar-refractivity contribution in [1.82, 2.24) is 0 Å². The Kier molecular flexibility index (Phi) is 9.35. The van der Waals surface area contributed by atoms with Gasteiger partial charge in [0.15, 0.2) is 0 Å². The van der Waals surface area contributed by atoms with E-state index in [9.17, 15) is 9.18 Å². The fraction of sp³-hybridized carbons (Fsp3) is 0.900. The minimum absolute atomic E-state index is 0.330. The van der Waals surface area contributed by atoms with Crippen molar-refractivity contribution in [3.63, 3.8) is 0 Å². The van der Waals surface area contributed by atoms with Crippen LogP contribution < -0.4 is 0 Å². The van der Waals surface area contributed by atoms with Crippen LogP contribution in [-0.2, 0) is 9.53 Å². The molecule has 0 rings (SSSR count). The van der Waals surface area contributed by atoms with E-state index in [1.165, 1.54) is 25.7 Å². The van der Waals surface area contributed by atoms with E-state index < -0.39 is 11.1 Å². The van der Waals surface area contributed by atoms with Gasteiger partial charge in [0.2, 0.25) is 0 Å². The molecule has 0 heterocycles. The first-order valence-corrected chi connectivity index (χ1v) is 6.04. The van der Waals surface area contributed by atoms with E-state index >= 15 is 0 Å². The molecule has 0 aromatic heterocycles. The van der Waals surface area contributed by atoms with Gasteiger partial charge in [0.1, 0.15) is 0 Å². The van der Waals surface area contributed by atoms with Crippen LogP contribution >= 0.6 is 15.9 Å². The van der Waals surface area contributed by atoms with Crippen molar-refractivity contribution >= 4 is 21.9 Å². The van der Waals surface area contributed by atoms with Crippen LogP contribution in [0.2, 0.25) is 0 Å². The van der Waals surface area contributed by atoms with Gasteiger partial charge in [0, 0.05) is 0 Å². The normalized spacial score (nSPS) is 12.5. The van der Waals surface area contributed by atoms with Gasteiger partial charge in [0.25, 0.3) is 5.08 Å². The Labute approximate surface area is 93.3 Å². The Hall–Kier alpha value is -0.120. The van der Waals surface area contributed by atoms with Gasteiger partial charge in [-0.1, -0.05) is 39.0 Å². The van der Waals surface area contributed by atoms with Crippen molar-refractivity contribution in [3.05, 3.63) is 0 Å². The molecule has 0 fully saturated rings. The lowest BCUT2D eigenvalue weighted by atomic mass is 10.1. The third-order valence-corrected chi connectivity index (χ3v) is 2.29. The van der Waals surface area contributed by atoms with E-state index in [4.69, 9.17) is 0 Å². The summed E-state index contributed by atoms with van der Waals surface area (Å²) >= 11 is 2.50. The number of rotatable bonds is 8. The maximum atomic E-state index is 12.2. The molecule has 4 heteroatoms. The van der Waals surface area contributed by atoms with E-state index in [1.54, 1.807) is 0 Å². The predicted octanol–water partition coefficient (Wildman–Crippen LogP) is 3.58. The number of ether oxygens (including phenoxy) is 1. The highest BCUT2D eigenvalue weighted by Crippen LogP contribution is 2.07. The molecule has 0 aliphatic rings. The molecule has 0 aromatic carbocycles. The lowest BCUT2D eigenvalue weighted by Crippen LogP contribution is -2.13. The third-order valence-electron chi connectivity index (χ3n) is 1.92. The predicted molar refractivity (Wildman–Crippen MR) is 58.2 cm³/mol. The average Bonchev–Trinajstić information content (AvgIpc) is 2.16. The van der Waals surface area contributed by atoms with E-state index in [-0.39, 0.29) is 0 Å². The molecular formula is C10H18BrFO2. The van der Waals surface area contributed by atoms with Gasteiger partial charge in [-0.15, -0.1) is 0 Å². The molecule has 84 valence electrons.